The molecule has 0 spiro atoms. The Kier molecular flexibility index (Phi) is 11.4. The highest BCUT2D eigenvalue weighted by atomic mass is 19.4. The summed E-state index contributed by atoms with van der Waals surface area (Å²) < 4.78 is 74.2. The Balaban J connectivity index is 1.38. The lowest BCUT2D eigenvalue weighted by Crippen LogP contribution is -2.46. The minimum absolute atomic E-state index is 0.0563. The Morgan fingerprint density at radius 3 is 2.08 bits per heavy atom. The van der Waals surface area contributed by atoms with Crippen LogP contribution in [-0.4, -0.2) is 36.8 Å². The zero-order valence-corrected chi connectivity index (χ0v) is 28.9. The van der Waals surface area contributed by atoms with Crippen LogP contribution in [0, 0.1) is 0 Å². The molecule has 1 amide bonds. The van der Waals surface area contributed by atoms with Crippen molar-refractivity contribution in [2.45, 2.75) is 51.6 Å². The van der Waals surface area contributed by atoms with E-state index in [2.05, 4.69) is 10.1 Å². The van der Waals surface area contributed by atoms with Gasteiger partial charge in [-0.25, -0.2) is 14.4 Å². The maximum absolute atomic E-state index is 14.2. The van der Waals surface area contributed by atoms with E-state index in [1.165, 1.54) is 30.3 Å². The Morgan fingerprint density at radius 2 is 1.45 bits per heavy atom. The van der Waals surface area contributed by atoms with Crippen molar-refractivity contribution in [2.75, 3.05) is 7.11 Å². The first-order valence-corrected chi connectivity index (χ1v) is 16.1. The van der Waals surface area contributed by atoms with Gasteiger partial charge in [0.15, 0.2) is 0 Å². The first kappa shape index (κ1) is 37.9. The average molecular weight is 734 g/mol. The van der Waals surface area contributed by atoms with Gasteiger partial charge in [-0.05, 0) is 80.4 Å². The fraction of sp³-hybridized carbons (Fsp3) is 0.231. The van der Waals surface area contributed by atoms with Gasteiger partial charge in [0, 0.05) is 12.5 Å². The molecular formula is C39H34F3NO10. The smallest absolute Gasteiger partial charge is 0.453 e. The van der Waals surface area contributed by atoms with Gasteiger partial charge in [-0.2, -0.15) is 13.2 Å². The predicted octanol–water partition coefficient (Wildman–Crippen LogP) is 8.01. The van der Waals surface area contributed by atoms with E-state index >= 15 is 0 Å². The van der Waals surface area contributed by atoms with Crippen LogP contribution < -0.4 is 25.0 Å². The van der Waals surface area contributed by atoms with Crippen LogP contribution >= 0.6 is 0 Å². The quantitative estimate of drug-likeness (QED) is 0.105. The van der Waals surface area contributed by atoms with Crippen LogP contribution in [0.1, 0.15) is 48.0 Å². The molecule has 0 bridgehead atoms. The lowest BCUT2D eigenvalue weighted by Gasteiger charge is -2.23. The minimum atomic E-state index is -5.17. The summed E-state index contributed by atoms with van der Waals surface area (Å²) >= 11 is 0. The van der Waals surface area contributed by atoms with E-state index in [1.807, 2.05) is 30.3 Å². The van der Waals surface area contributed by atoms with E-state index in [0.717, 1.165) is 24.8 Å². The number of rotatable bonds is 11. The molecule has 0 aliphatic heterocycles. The Hall–Kier alpha value is -6.31. The second kappa shape index (κ2) is 15.9. The highest BCUT2D eigenvalue weighted by Gasteiger charge is 2.40. The first-order valence-electron chi connectivity index (χ1n) is 16.1. The number of halogens is 3. The summed E-state index contributed by atoms with van der Waals surface area (Å²) in [6.45, 7) is 5.27. The Bertz CT molecular complexity index is 2140. The number of alkyl carbamates (subject to hydrolysis) is 1. The van der Waals surface area contributed by atoms with Crippen molar-refractivity contribution in [3.8, 4) is 23.0 Å². The maximum Gasteiger partial charge on any atom is 0.453 e. The van der Waals surface area contributed by atoms with Gasteiger partial charge >= 0.3 is 24.2 Å². The van der Waals surface area contributed by atoms with Gasteiger partial charge < -0.3 is 33.4 Å². The maximum atomic E-state index is 14.2. The van der Waals surface area contributed by atoms with Crippen LogP contribution in [-0.2, 0) is 33.5 Å². The number of alkyl halides is 3. The monoisotopic (exact) mass is 733 g/mol. The zero-order chi connectivity index (χ0) is 38.3. The second-order valence-electron chi connectivity index (χ2n) is 12.6. The van der Waals surface area contributed by atoms with Gasteiger partial charge in [-0.1, -0.05) is 42.5 Å². The molecule has 0 aliphatic carbocycles. The number of amides is 1. The van der Waals surface area contributed by atoms with E-state index < -0.39 is 58.4 Å². The molecule has 0 radical (unpaired) electrons. The molecule has 0 fully saturated rings. The number of methoxy groups -OCH3 is 1. The van der Waals surface area contributed by atoms with E-state index in [-0.39, 0.29) is 28.9 Å². The molecule has 11 nitrogen and oxygen atoms in total. The highest BCUT2D eigenvalue weighted by Crippen LogP contribution is 2.39. The molecule has 14 heteroatoms. The molecule has 53 heavy (non-hydrogen) atoms. The van der Waals surface area contributed by atoms with Crippen molar-refractivity contribution >= 4 is 29.0 Å². The van der Waals surface area contributed by atoms with Crippen LogP contribution in [0.3, 0.4) is 0 Å². The third-order valence-corrected chi connectivity index (χ3v) is 7.38. The van der Waals surface area contributed by atoms with Crippen molar-refractivity contribution in [2.24, 2.45) is 0 Å². The van der Waals surface area contributed by atoms with Crippen molar-refractivity contribution in [3.63, 3.8) is 0 Å². The van der Waals surface area contributed by atoms with Gasteiger partial charge in [0.05, 0.1) is 18.1 Å². The van der Waals surface area contributed by atoms with Gasteiger partial charge in [0.2, 0.25) is 11.2 Å². The number of benzene rings is 4. The number of esters is 2. The molecule has 1 N–H and O–H groups in total. The van der Waals surface area contributed by atoms with Gasteiger partial charge in [0.25, 0.3) is 5.76 Å². The average Bonchev–Trinajstić information content (AvgIpc) is 3.11. The van der Waals surface area contributed by atoms with Gasteiger partial charge in [-0.15, -0.1) is 0 Å². The van der Waals surface area contributed by atoms with Gasteiger partial charge in [0.1, 0.15) is 41.1 Å². The molecule has 276 valence electrons. The molecule has 0 saturated carbocycles. The molecular weight excluding hydrogens is 699 g/mol. The first-order chi connectivity index (χ1) is 25.1. The van der Waals surface area contributed by atoms with Crippen molar-refractivity contribution in [3.05, 3.63) is 130 Å². The number of nitrogens with one attached hydrogen (secondary N) is 1. The van der Waals surface area contributed by atoms with Crippen LogP contribution in [0.2, 0.25) is 0 Å². The SMILES string of the molecule is COC(=O)c1ccc(Oc2c(C(F)(F)F)oc3cc(OC(=O)C(Cc4ccc(OCc5ccccc5)cc4)NC(=O)OC(C)(C)C)ccc3c2=O)cc1. The largest absolute Gasteiger partial charge is 0.489 e. The minimum Gasteiger partial charge on any atom is -0.489 e. The van der Waals surface area contributed by atoms with E-state index in [1.54, 1.807) is 45.0 Å². The third-order valence-electron chi connectivity index (χ3n) is 7.38. The number of fused-ring (bicyclic) bond motifs is 1. The van der Waals surface area contributed by atoms with Crippen LogP contribution in [0.25, 0.3) is 11.0 Å². The molecule has 0 aliphatic rings. The normalized spacial score (nSPS) is 12.1. The topological polar surface area (TPSA) is 140 Å². The van der Waals surface area contributed by atoms with Crippen LogP contribution in [0.15, 0.2) is 106 Å². The summed E-state index contributed by atoms with van der Waals surface area (Å²) in [5, 5.41) is 2.18. The standard InChI is InChI=1S/C39H34F3NO10/c1-38(2,3)53-37(47)43-30(20-23-10-14-26(15-11-23)49-22-24-8-6-5-7-9-24)36(46)51-28-18-19-29-31(21-28)52-34(39(40,41)42)33(32(29)44)50-27-16-12-25(13-17-27)35(45)48-4/h5-19,21,30H,20,22H2,1-4H3,(H,43,47). The third kappa shape index (κ3) is 10.2. The lowest BCUT2D eigenvalue weighted by molar-refractivity contribution is -0.154. The molecule has 5 rings (SSSR count). The van der Waals surface area contributed by atoms with E-state index in [9.17, 15) is 32.3 Å². The molecule has 4 aromatic carbocycles. The number of carbonyl (C=O) groups excluding carboxylic acids is 3. The lowest BCUT2D eigenvalue weighted by atomic mass is 10.1. The number of ether oxygens (including phenoxy) is 5. The molecule has 1 atom stereocenters. The molecule has 1 unspecified atom stereocenters. The Morgan fingerprint density at radius 1 is 0.811 bits per heavy atom. The summed E-state index contributed by atoms with van der Waals surface area (Å²) in [7, 11) is 1.16. The number of hydrogen-bond donors (Lipinski definition) is 1. The molecule has 1 aromatic heterocycles. The summed E-state index contributed by atoms with van der Waals surface area (Å²) in [4.78, 5) is 51.2. The summed E-state index contributed by atoms with van der Waals surface area (Å²) in [6.07, 6.45) is -6.14. The summed E-state index contributed by atoms with van der Waals surface area (Å²) in [5.41, 5.74) is -0.910. The molecule has 0 saturated heterocycles. The summed E-state index contributed by atoms with van der Waals surface area (Å²) in [5.74, 6) is -4.43. The van der Waals surface area contributed by atoms with Crippen molar-refractivity contribution < 1.29 is 55.7 Å². The fourth-order valence-corrected chi connectivity index (χ4v) is 4.92. The van der Waals surface area contributed by atoms with Crippen LogP contribution in [0.5, 0.6) is 23.0 Å². The van der Waals surface area contributed by atoms with Crippen LogP contribution in [0.4, 0.5) is 18.0 Å². The van der Waals surface area contributed by atoms with Crippen molar-refractivity contribution in [1.82, 2.24) is 5.32 Å². The number of hydrogen-bond acceptors (Lipinski definition) is 10. The molecule has 1 heterocycles. The van der Waals surface area contributed by atoms with Crippen molar-refractivity contribution in [1.29, 1.82) is 0 Å². The fourth-order valence-electron chi connectivity index (χ4n) is 4.92. The number of carbonyl (C=O) groups is 3. The van der Waals surface area contributed by atoms with E-state index in [4.69, 9.17) is 23.4 Å². The van der Waals surface area contributed by atoms with Gasteiger partial charge in [-0.3, -0.25) is 4.79 Å². The molecule has 5 aromatic rings. The highest BCUT2D eigenvalue weighted by molar-refractivity contribution is 5.89. The predicted molar refractivity (Wildman–Crippen MR) is 185 cm³/mol. The Labute approximate surface area is 301 Å². The van der Waals surface area contributed by atoms with E-state index in [0.29, 0.717) is 17.9 Å². The zero-order valence-electron chi connectivity index (χ0n) is 28.9. The summed E-state index contributed by atoms with van der Waals surface area (Å²) in [6, 6.07) is 23.2. The second-order valence-corrected chi connectivity index (χ2v) is 12.6.